The van der Waals surface area contributed by atoms with Crippen molar-refractivity contribution in [2.24, 2.45) is 17.8 Å². The zero-order valence-corrected chi connectivity index (χ0v) is 10.3. The minimum absolute atomic E-state index is 0.108. The lowest BCUT2D eigenvalue weighted by atomic mass is 9.62. The van der Waals surface area contributed by atoms with Gasteiger partial charge < -0.3 is 4.74 Å². The number of rotatable bonds is 3. The van der Waals surface area contributed by atoms with Gasteiger partial charge in [0.1, 0.15) is 6.10 Å². The van der Waals surface area contributed by atoms with E-state index in [4.69, 9.17) is 4.74 Å². The molecule has 3 saturated carbocycles. The predicted molar refractivity (Wildman–Crippen MR) is 66.0 cm³/mol. The van der Waals surface area contributed by atoms with Gasteiger partial charge in [0.05, 0.1) is 0 Å². The highest BCUT2D eigenvalue weighted by Crippen LogP contribution is 2.52. The summed E-state index contributed by atoms with van der Waals surface area (Å²) in [6.45, 7) is 5.39. The van der Waals surface area contributed by atoms with Gasteiger partial charge in [-0.3, -0.25) is 0 Å². The summed E-state index contributed by atoms with van der Waals surface area (Å²) in [4.78, 5) is 11.7. The molecule has 0 spiro atoms. The number of fused-ring (bicyclic) bond motifs is 3. The van der Waals surface area contributed by atoms with E-state index in [0.29, 0.717) is 17.4 Å². The number of hydrogen-bond donors (Lipinski definition) is 0. The van der Waals surface area contributed by atoms with Crippen LogP contribution < -0.4 is 0 Å². The molecule has 4 rings (SSSR count). The standard InChI is InChI=1S/C15H19O2/c1-9(2)15(16)17-14-12-7-5-11(6-8-12)13(14)10-3-4-10/h3-4,11-14H,1,5-8H2,2H3. The summed E-state index contributed by atoms with van der Waals surface area (Å²) in [5.41, 5.74) is 1.93. The second-order valence-corrected chi connectivity index (χ2v) is 5.68. The van der Waals surface area contributed by atoms with Gasteiger partial charge >= 0.3 is 5.97 Å². The lowest BCUT2D eigenvalue weighted by Crippen LogP contribution is -2.46. The zero-order chi connectivity index (χ0) is 12.0. The fourth-order valence-electron chi connectivity index (χ4n) is 3.52. The van der Waals surface area contributed by atoms with Crippen LogP contribution in [0.15, 0.2) is 23.8 Å². The van der Waals surface area contributed by atoms with E-state index in [1.54, 1.807) is 6.92 Å². The van der Waals surface area contributed by atoms with Crippen LogP contribution in [-0.2, 0) is 9.53 Å². The van der Waals surface area contributed by atoms with Crippen molar-refractivity contribution in [3.8, 4) is 0 Å². The molecule has 4 aliphatic carbocycles. The van der Waals surface area contributed by atoms with Crippen LogP contribution in [0.4, 0.5) is 0 Å². The van der Waals surface area contributed by atoms with E-state index >= 15 is 0 Å². The van der Waals surface area contributed by atoms with Crippen molar-refractivity contribution in [2.75, 3.05) is 0 Å². The molecule has 0 amide bonds. The second-order valence-electron chi connectivity index (χ2n) is 5.68. The highest BCUT2D eigenvalue weighted by molar-refractivity contribution is 5.87. The molecule has 2 atom stereocenters. The number of carbonyl (C=O) groups is 1. The van der Waals surface area contributed by atoms with Crippen LogP contribution in [0.3, 0.4) is 0 Å². The van der Waals surface area contributed by atoms with Crippen molar-refractivity contribution < 1.29 is 9.53 Å². The van der Waals surface area contributed by atoms with E-state index in [1.165, 1.54) is 31.3 Å². The average Bonchev–Trinajstić information content (AvgIpc) is 3.14. The molecule has 2 nitrogen and oxygen atoms in total. The van der Waals surface area contributed by atoms with Crippen LogP contribution in [0.2, 0.25) is 0 Å². The summed E-state index contributed by atoms with van der Waals surface area (Å²) in [5, 5.41) is 0. The molecule has 0 aromatic heterocycles. The van der Waals surface area contributed by atoms with Gasteiger partial charge in [0.2, 0.25) is 0 Å². The third-order valence-electron chi connectivity index (χ3n) is 4.48. The lowest BCUT2D eigenvalue weighted by molar-refractivity contribution is -0.157. The van der Waals surface area contributed by atoms with E-state index in [9.17, 15) is 4.79 Å². The molecule has 0 aromatic carbocycles. The second kappa shape index (κ2) is 4.01. The Kier molecular flexibility index (Phi) is 2.61. The minimum atomic E-state index is -0.214. The maximum absolute atomic E-state index is 11.7. The molecule has 3 fully saturated rings. The number of ether oxygens (including phenoxy) is 1. The maximum atomic E-state index is 11.7. The summed E-state index contributed by atoms with van der Waals surface area (Å²) in [7, 11) is 0. The molecule has 0 aliphatic heterocycles. The first-order chi connectivity index (χ1) is 8.16. The van der Waals surface area contributed by atoms with Crippen LogP contribution >= 0.6 is 0 Å². The average molecular weight is 231 g/mol. The van der Waals surface area contributed by atoms with E-state index in [-0.39, 0.29) is 12.1 Å². The fourth-order valence-corrected chi connectivity index (χ4v) is 3.52. The van der Waals surface area contributed by atoms with E-state index < -0.39 is 0 Å². The Balaban J connectivity index is 1.78. The number of esters is 1. The Morgan fingerprint density at radius 3 is 2.41 bits per heavy atom. The maximum Gasteiger partial charge on any atom is 0.333 e. The van der Waals surface area contributed by atoms with E-state index in [2.05, 4.69) is 19.1 Å². The van der Waals surface area contributed by atoms with Crippen LogP contribution in [0.25, 0.3) is 0 Å². The molecular weight excluding hydrogens is 212 g/mol. The Morgan fingerprint density at radius 2 is 1.88 bits per heavy atom. The summed E-state index contributed by atoms with van der Waals surface area (Å²) >= 11 is 0. The van der Waals surface area contributed by atoms with Crippen LogP contribution in [0, 0.1) is 24.2 Å². The quantitative estimate of drug-likeness (QED) is 0.551. The van der Waals surface area contributed by atoms with Gasteiger partial charge in [0.25, 0.3) is 0 Å². The molecule has 17 heavy (non-hydrogen) atoms. The molecule has 91 valence electrons. The number of hydrogen-bond acceptors (Lipinski definition) is 2. The first kappa shape index (κ1) is 11.1. The Morgan fingerprint density at radius 1 is 1.29 bits per heavy atom. The van der Waals surface area contributed by atoms with Crippen molar-refractivity contribution in [3.63, 3.8) is 0 Å². The smallest absolute Gasteiger partial charge is 0.333 e. The van der Waals surface area contributed by atoms with Gasteiger partial charge in [0.15, 0.2) is 0 Å². The van der Waals surface area contributed by atoms with Crippen LogP contribution in [0.1, 0.15) is 32.6 Å². The largest absolute Gasteiger partial charge is 0.458 e. The van der Waals surface area contributed by atoms with Gasteiger partial charge in [-0.15, -0.1) is 0 Å². The molecule has 2 heteroatoms. The summed E-state index contributed by atoms with van der Waals surface area (Å²) in [6, 6.07) is 0. The van der Waals surface area contributed by atoms with Crippen LogP contribution in [-0.4, -0.2) is 12.1 Å². The zero-order valence-electron chi connectivity index (χ0n) is 10.3. The first-order valence-electron chi connectivity index (χ1n) is 6.58. The van der Waals surface area contributed by atoms with Crippen molar-refractivity contribution >= 4 is 5.97 Å². The van der Waals surface area contributed by atoms with Gasteiger partial charge in [0, 0.05) is 17.9 Å². The molecule has 0 saturated heterocycles. The van der Waals surface area contributed by atoms with Crippen molar-refractivity contribution in [3.05, 3.63) is 30.2 Å². The summed E-state index contributed by atoms with van der Waals surface area (Å²) in [5.74, 6) is 1.57. The number of allylic oxidation sites excluding steroid dienone is 1. The van der Waals surface area contributed by atoms with Gasteiger partial charge in [-0.2, -0.15) is 0 Å². The van der Waals surface area contributed by atoms with Gasteiger partial charge in [-0.25, -0.2) is 4.79 Å². The number of carbonyl (C=O) groups excluding carboxylic acids is 1. The monoisotopic (exact) mass is 231 g/mol. The lowest BCUT2D eigenvalue weighted by Gasteiger charge is -2.47. The highest BCUT2D eigenvalue weighted by atomic mass is 16.5. The summed E-state index contributed by atoms with van der Waals surface area (Å²) < 4.78 is 5.70. The molecule has 0 aromatic rings. The SMILES string of the molecule is C=C(C)C(=O)OC1C2CCC(CC2)C1C1=C[CH]1. The van der Waals surface area contributed by atoms with Gasteiger partial charge in [-0.1, -0.05) is 18.2 Å². The minimum Gasteiger partial charge on any atom is -0.458 e. The molecular formula is C15H19O2. The third-order valence-corrected chi connectivity index (χ3v) is 4.48. The van der Waals surface area contributed by atoms with Crippen molar-refractivity contribution in [1.82, 2.24) is 0 Å². The Hall–Kier alpha value is -1.05. The third kappa shape index (κ3) is 1.94. The fraction of sp³-hybridized carbons (Fsp3) is 0.600. The van der Waals surface area contributed by atoms with Crippen LogP contribution in [0.5, 0.6) is 0 Å². The Bertz CT molecular complexity index is 386. The molecule has 2 bridgehead atoms. The summed E-state index contributed by atoms with van der Waals surface area (Å²) in [6.07, 6.45) is 9.52. The normalized spacial score (nSPS) is 38.5. The van der Waals surface area contributed by atoms with E-state index in [1.807, 2.05) is 0 Å². The first-order valence-corrected chi connectivity index (χ1v) is 6.58. The molecule has 2 unspecified atom stereocenters. The highest BCUT2D eigenvalue weighted by Gasteiger charge is 2.48. The predicted octanol–water partition coefficient (Wildman–Crippen LogP) is 3.05. The van der Waals surface area contributed by atoms with Crippen molar-refractivity contribution in [2.45, 2.75) is 38.7 Å². The molecule has 4 aliphatic rings. The van der Waals surface area contributed by atoms with E-state index in [0.717, 1.165) is 5.92 Å². The Labute approximate surface area is 103 Å². The van der Waals surface area contributed by atoms with Gasteiger partial charge in [-0.05, 0) is 44.4 Å². The molecule has 0 N–H and O–H groups in total. The molecule has 1 radical (unpaired) electrons. The van der Waals surface area contributed by atoms with Crippen molar-refractivity contribution in [1.29, 1.82) is 0 Å². The topological polar surface area (TPSA) is 26.3 Å². The molecule has 0 heterocycles.